The highest BCUT2D eigenvalue weighted by atomic mass is 35.5. The first-order valence-electron chi connectivity index (χ1n) is 7.74. The van der Waals surface area contributed by atoms with Gasteiger partial charge in [0.15, 0.2) is 0 Å². The van der Waals surface area contributed by atoms with Gasteiger partial charge in [0.05, 0.1) is 10.9 Å². The van der Waals surface area contributed by atoms with Crippen LogP contribution in [0.15, 0.2) is 12.1 Å². The molecule has 1 saturated heterocycles. The summed E-state index contributed by atoms with van der Waals surface area (Å²) in [6.45, 7) is 5.29. The fraction of sp³-hybridized carbons (Fsp3) is 0.667. The highest BCUT2D eigenvalue weighted by Crippen LogP contribution is 2.26. The number of hydrogen-bond donors (Lipinski definition) is 3. The van der Waals surface area contributed by atoms with Crippen LogP contribution in [0.1, 0.15) is 37.2 Å². The Kier molecular flexibility index (Phi) is 6.95. The number of urea groups is 1. The molecule has 22 heavy (non-hydrogen) atoms. The molecule has 0 unspecified atom stereocenters. The molecule has 3 N–H and O–H groups in total. The molecule has 1 aromatic rings. The molecular formula is C15H24ClN3O2S. The third kappa shape index (κ3) is 5.76. The molecule has 5 nitrogen and oxygen atoms in total. The van der Waals surface area contributed by atoms with Crippen LogP contribution < -0.4 is 10.6 Å². The van der Waals surface area contributed by atoms with Crippen LogP contribution in [0.25, 0.3) is 0 Å². The van der Waals surface area contributed by atoms with Gasteiger partial charge < -0.3 is 20.6 Å². The van der Waals surface area contributed by atoms with Crippen molar-refractivity contribution in [3.05, 3.63) is 21.3 Å². The number of amides is 2. The summed E-state index contributed by atoms with van der Waals surface area (Å²) >= 11 is 7.15. The Hall–Kier alpha value is -0.820. The van der Waals surface area contributed by atoms with Crippen molar-refractivity contribution >= 4 is 29.0 Å². The third-order valence-corrected chi connectivity index (χ3v) is 5.07. The molecule has 0 saturated carbocycles. The molecule has 0 radical (unpaired) electrons. The number of carbonyl (C=O) groups excluding carboxylic acids is 1. The smallest absolute Gasteiger partial charge is 0.315 e. The lowest BCUT2D eigenvalue weighted by Crippen LogP contribution is -2.47. The van der Waals surface area contributed by atoms with Crippen molar-refractivity contribution in [2.75, 3.05) is 26.2 Å². The standard InChI is InChI=1S/C15H24ClN3O2S/c1-11(10-19-7-3-2-4-8-19)18-15(21)17-9-12(20)13-5-6-14(16)22-13/h5-6,11-12,20H,2-4,7-10H2,1H3,(H2,17,18,21)/t11-,12+/m1/s1. The fourth-order valence-electron chi connectivity index (χ4n) is 2.65. The van der Waals surface area contributed by atoms with E-state index in [1.54, 1.807) is 12.1 Å². The van der Waals surface area contributed by atoms with Gasteiger partial charge in [-0.1, -0.05) is 18.0 Å². The number of aliphatic hydroxyl groups excluding tert-OH is 1. The first kappa shape index (κ1) is 17.5. The van der Waals surface area contributed by atoms with Crippen LogP contribution >= 0.6 is 22.9 Å². The maximum absolute atomic E-state index is 11.9. The van der Waals surface area contributed by atoms with E-state index < -0.39 is 6.10 Å². The SMILES string of the molecule is C[C@H](CN1CCCCC1)NC(=O)NC[C@H](O)c1ccc(Cl)s1. The van der Waals surface area contributed by atoms with Gasteiger partial charge in [-0.25, -0.2) is 4.79 Å². The summed E-state index contributed by atoms with van der Waals surface area (Å²) in [6, 6.07) is 3.36. The van der Waals surface area contributed by atoms with E-state index in [0.717, 1.165) is 24.5 Å². The normalized spacial score (nSPS) is 18.7. The number of carbonyl (C=O) groups is 1. The van der Waals surface area contributed by atoms with Crippen LogP contribution in [0.5, 0.6) is 0 Å². The number of aliphatic hydroxyl groups is 1. The molecule has 1 aromatic heterocycles. The van der Waals surface area contributed by atoms with E-state index in [2.05, 4.69) is 15.5 Å². The van der Waals surface area contributed by atoms with Crippen molar-refractivity contribution < 1.29 is 9.90 Å². The van der Waals surface area contributed by atoms with Crippen molar-refractivity contribution in [2.45, 2.75) is 38.3 Å². The zero-order valence-electron chi connectivity index (χ0n) is 12.8. The largest absolute Gasteiger partial charge is 0.386 e. The second-order valence-electron chi connectivity index (χ2n) is 5.77. The van der Waals surface area contributed by atoms with Gasteiger partial charge in [0.1, 0.15) is 6.10 Å². The van der Waals surface area contributed by atoms with Gasteiger partial charge in [0, 0.05) is 17.5 Å². The second kappa shape index (κ2) is 8.72. The Labute approximate surface area is 140 Å². The van der Waals surface area contributed by atoms with Crippen molar-refractivity contribution in [1.82, 2.24) is 15.5 Å². The highest BCUT2D eigenvalue weighted by molar-refractivity contribution is 7.16. The quantitative estimate of drug-likeness (QED) is 0.742. The molecule has 2 atom stereocenters. The Morgan fingerprint density at radius 2 is 2.14 bits per heavy atom. The maximum Gasteiger partial charge on any atom is 0.315 e. The molecule has 2 amide bonds. The molecule has 0 spiro atoms. The van der Waals surface area contributed by atoms with Crippen molar-refractivity contribution in [3.8, 4) is 0 Å². The van der Waals surface area contributed by atoms with Crippen molar-refractivity contribution in [3.63, 3.8) is 0 Å². The van der Waals surface area contributed by atoms with E-state index in [0.29, 0.717) is 4.34 Å². The zero-order valence-corrected chi connectivity index (χ0v) is 14.4. The van der Waals surface area contributed by atoms with Crippen molar-refractivity contribution in [1.29, 1.82) is 0 Å². The minimum atomic E-state index is -0.722. The van der Waals surface area contributed by atoms with Crippen LogP contribution in [0.2, 0.25) is 4.34 Å². The number of piperidine rings is 1. The summed E-state index contributed by atoms with van der Waals surface area (Å²) in [5.41, 5.74) is 0. The average Bonchev–Trinajstić information content (AvgIpc) is 2.92. The Bertz CT molecular complexity index is 477. The van der Waals surface area contributed by atoms with Crippen LogP contribution in [-0.2, 0) is 0 Å². The molecule has 1 aliphatic heterocycles. The molecule has 1 fully saturated rings. The molecule has 2 rings (SSSR count). The van der Waals surface area contributed by atoms with Crippen LogP contribution in [-0.4, -0.2) is 48.3 Å². The molecule has 124 valence electrons. The summed E-state index contributed by atoms with van der Waals surface area (Å²) in [7, 11) is 0. The summed E-state index contributed by atoms with van der Waals surface area (Å²) in [4.78, 5) is 15.0. The fourth-order valence-corrected chi connectivity index (χ4v) is 3.69. The lowest BCUT2D eigenvalue weighted by atomic mass is 10.1. The molecule has 2 heterocycles. The molecule has 7 heteroatoms. The average molecular weight is 346 g/mol. The summed E-state index contributed by atoms with van der Waals surface area (Å²) in [5.74, 6) is 0. The predicted molar refractivity (Wildman–Crippen MR) is 90.6 cm³/mol. The number of nitrogens with one attached hydrogen (secondary N) is 2. The van der Waals surface area contributed by atoms with Gasteiger partial charge in [-0.05, 0) is 45.0 Å². The van der Waals surface area contributed by atoms with Gasteiger partial charge in [-0.15, -0.1) is 11.3 Å². The Morgan fingerprint density at radius 3 is 2.77 bits per heavy atom. The number of nitrogens with zero attached hydrogens (tertiary/aromatic N) is 1. The molecule has 1 aliphatic rings. The lowest BCUT2D eigenvalue weighted by molar-refractivity contribution is 0.173. The number of likely N-dealkylation sites (tertiary alicyclic amines) is 1. The highest BCUT2D eigenvalue weighted by Gasteiger charge is 2.16. The number of thiophene rings is 1. The first-order valence-corrected chi connectivity index (χ1v) is 8.94. The second-order valence-corrected chi connectivity index (χ2v) is 7.52. The van der Waals surface area contributed by atoms with Crippen LogP contribution in [0.4, 0.5) is 4.79 Å². The monoisotopic (exact) mass is 345 g/mol. The Morgan fingerprint density at radius 1 is 1.41 bits per heavy atom. The molecule has 0 bridgehead atoms. The third-order valence-electron chi connectivity index (χ3n) is 3.74. The zero-order chi connectivity index (χ0) is 15.9. The summed E-state index contributed by atoms with van der Waals surface area (Å²) in [5, 5.41) is 15.6. The predicted octanol–water partition coefficient (Wildman–Crippen LogP) is 2.61. The van der Waals surface area contributed by atoms with Gasteiger partial charge in [0.25, 0.3) is 0 Å². The van der Waals surface area contributed by atoms with E-state index in [4.69, 9.17) is 11.6 Å². The lowest BCUT2D eigenvalue weighted by Gasteiger charge is -2.29. The topological polar surface area (TPSA) is 64.6 Å². The van der Waals surface area contributed by atoms with Crippen LogP contribution in [0.3, 0.4) is 0 Å². The molecular weight excluding hydrogens is 322 g/mol. The van der Waals surface area contributed by atoms with E-state index in [1.807, 2.05) is 6.92 Å². The first-order chi connectivity index (χ1) is 10.5. The number of halogens is 1. The van der Waals surface area contributed by atoms with Gasteiger partial charge >= 0.3 is 6.03 Å². The molecule has 0 aliphatic carbocycles. The minimum Gasteiger partial charge on any atom is -0.386 e. The maximum atomic E-state index is 11.9. The minimum absolute atomic E-state index is 0.0893. The summed E-state index contributed by atoms with van der Waals surface area (Å²) < 4.78 is 0.633. The number of hydrogen-bond acceptors (Lipinski definition) is 4. The van der Waals surface area contributed by atoms with E-state index >= 15 is 0 Å². The summed E-state index contributed by atoms with van der Waals surface area (Å²) in [6.07, 6.45) is 3.08. The van der Waals surface area contributed by atoms with Gasteiger partial charge in [-0.3, -0.25) is 0 Å². The van der Waals surface area contributed by atoms with Crippen LogP contribution in [0, 0.1) is 0 Å². The van der Waals surface area contributed by atoms with Gasteiger partial charge in [0.2, 0.25) is 0 Å². The van der Waals surface area contributed by atoms with Gasteiger partial charge in [-0.2, -0.15) is 0 Å². The Balaban J connectivity index is 1.66. The number of rotatable bonds is 6. The van der Waals surface area contributed by atoms with E-state index in [-0.39, 0.29) is 18.6 Å². The van der Waals surface area contributed by atoms with Crippen molar-refractivity contribution in [2.24, 2.45) is 0 Å². The van der Waals surface area contributed by atoms with E-state index in [1.165, 1.54) is 30.6 Å². The molecule has 0 aromatic carbocycles. The van der Waals surface area contributed by atoms with E-state index in [9.17, 15) is 9.90 Å².